The number of ether oxygens (including phenoxy) is 2. The summed E-state index contributed by atoms with van der Waals surface area (Å²) in [6.45, 7) is 7.81. The third kappa shape index (κ3) is 3.28. The maximum atomic E-state index is 9.44. The van der Waals surface area contributed by atoms with Crippen LogP contribution in [0.5, 0.6) is 11.5 Å². The second kappa shape index (κ2) is 7.80. The van der Waals surface area contributed by atoms with Crippen molar-refractivity contribution in [3.8, 4) is 29.0 Å². The number of rotatable bonds is 6. The molecule has 0 radical (unpaired) electrons. The van der Waals surface area contributed by atoms with Crippen LogP contribution in [0.3, 0.4) is 0 Å². The fourth-order valence-electron chi connectivity index (χ4n) is 3.08. The number of nitrogens with zero attached hydrogens (tertiary/aromatic N) is 4. The lowest BCUT2D eigenvalue weighted by Gasteiger charge is -2.21. The lowest BCUT2D eigenvalue weighted by molar-refractivity contribution is 0.355. The number of aryl methyl sites for hydroxylation is 1. The SMILES string of the molecule is CCN(CC)c1nc(-c2ccc(OC)c(OC)c2)nc2sc(C#N)c(C)c12. The zero-order valence-corrected chi connectivity index (χ0v) is 17.0. The first-order chi connectivity index (χ1) is 13.1. The monoisotopic (exact) mass is 382 g/mol. The van der Waals surface area contributed by atoms with E-state index < -0.39 is 0 Å². The summed E-state index contributed by atoms with van der Waals surface area (Å²) in [5.41, 5.74) is 1.78. The molecule has 0 aliphatic carbocycles. The smallest absolute Gasteiger partial charge is 0.163 e. The van der Waals surface area contributed by atoms with Crippen molar-refractivity contribution in [2.75, 3.05) is 32.2 Å². The summed E-state index contributed by atoms with van der Waals surface area (Å²) in [7, 11) is 3.21. The summed E-state index contributed by atoms with van der Waals surface area (Å²) in [5.74, 6) is 2.76. The number of thiophene rings is 1. The van der Waals surface area contributed by atoms with Gasteiger partial charge < -0.3 is 14.4 Å². The molecule has 0 fully saturated rings. The van der Waals surface area contributed by atoms with Crippen molar-refractivity contribution < 1.29 is 9.47 Å². The second-order valence-corrected chi connectivity index (χ2v) is 6.96. The summed E-state index contributed by atoms with van der Waals surface area (Å²) >= 11 is 1.41. The summed E-state index contributed by atoms with van der Waals surface area (Å²) in [6, 6.07) is 7.91. The molecule has 0 aliphatic heterocycles. The molecule has 0 aliphatic rings. The van der Waals surface area contributed by atoms with E-state index in [0.717, 1.165) is 40.3 Å². The maximum absolute atomic E-state index is 9.44. The summed E-state index contributed by atoms with van der Waals surface area (Å²) in [5, 5.41) is 10.4. The van der Waals surface area contributed by atoms with E-state index in [1.165, 1.54) is 11.3 Å². The first-order valence-corrected chi connectivity index (χ1v) is 9.58. The molecule has 0 atom stereocenters. The Kier molecular flexibility index (Phi) is 5.47. The molecule has 140 valence electrons. The Hall–Kier alpha value is -2.85. The van der Waals surface area contributed by atoms with Gasteiger partial charge >= 0.3 is 0 Å². The first-order valence-electron chi connectivity index (χ1n) is 8.76. The number of hydrogen-bond donors (Lipinski definition) is 0. The van der Waals surface area contributed by atoms with Gasteiger partial charge in [-0.1, -0.05) is 0 Å². The van der Waals surface area contributed by atoms with Crippen LogP contribution >= 0.6 is 11.3 Å². The van der Waals surface area contributed by atoms with E-state index >= 15 is 0 Å². The average Bonchev–Trinajstić information content (AvgIpc) is 3.04. The van der Waals surface area contributed by atoms with Crippen LogP contribution in [0.4, 0.5) is 5.82 Å². The van der Waals surface area contributed by atoms with E-state index in [0.29, 0.717) is 22.2 Å². The van der Waals surface area contributed by atoms with Gasteiger partial charge in [-0.15, -0.1) is 11.3 Å². The van der Waals surface area contributed by atoms with Gasteiger partial charge in [0.1, 0.15) is 21.6 Å². The Balaban J connectivity index is 2.27. The molecular weight excluding hydrogens is 360 g/mol. The largest absolute Gasteiger partial charge is 0.493 e. The quantitative estimate of drug-likeness (QED) is 0.629. The summed E-state index contributed by atoms with van der Waals surface area (Å²) in [4.78, 5) is 13.3. The normalized spacial score (nSPS) is 10.7. The van der Waals surface area contributed by atoms with Crippen LogP contribution in [0, 0.1) is 18.3 Å². The molecule has 0 bridgehead atoms. The van der Waals surface area contributed by atoms with Crippen LogP contribution < -0.4 is 14.4 Å². The molecule has 1 aromatic carbocycles. The average molecular weight is 382 g/mol. The minimum absolute atomic E-state index is 0.607. The molecule has 7 heteroatoms. The highest BCUT2D eigenvalue weighted by Gasteiger charge is 2.20. The molecule has 3 rings (SSSR count). The minimum Gasteiger partial charge on any atom is -0.493 e. The molecule has 27 heavy (non-hydrogen) atoms. The number of hydrogen-bond acceptors (Lipinski definition) is 7. The Bertz CT molecular complexity index is 1020. The van der Waals surface area contributed by atoms with E-state index in [-0.39, 0.29) is 0 Å². The van der Waals surface area contributed by atoms with E-state index in [1.807, 2.05) is 25.1 Å². The lowest BCUT2D eigenvalue weighted by Crippen LogP contribution is -2.23. The highest BCUT2D eigenvalue weighted by atomic mass is 32.1. The van der Waals surface area contributed by atoms with Gasteiger partial charge in [0.2, 0.25) is 0 Å². The molecule has 3 aromatic rings. The number of anilines is 1. The van der Waals surface area contributed by atoms with Gasteiger partial charge in [-0.25, -0.2) is 9.97 Å². The second-order valence-electron chi connectivity index (χ2n) is 5.96. The Morgan fingerprint density at radius 2 is 1.81 bits per heavy atom. The number of benzene rings is 1. The number of fused-ring (bicyclic) bond motifs is 1. The summed E-state index contributed by atoms with van der Waals surface area (Å²) < 4.78 is 10.7. The van der Waals surface area contributed by atoms with Crippen LogP contribution in [-0.4, -0.2) is 37.3 Å². The van der Waals surface area contributed by atoms with E-state index in [4.69, 9.17) is 19.4 Å². The molecule has 2 heterocycles. The Morgan fingerprint density at radius 3 is 2.41 bits per heavy atom. The fourth-order valence-corrected chi connectivity index (χ4v) is 4.05. The molecule has 0 N–H and O–H groups in total. The van der Waals surface area contributed by atoms with Crippen molar-refractivity contribution in [2.24, 2.45) is 0 Å². The zero-order valence-electron chi connectivity index (χ0n) is 16.2. The van der Waals surface area contributed by atoms with Crippen molar-refractivity contribution in [3.63, 3.8) is 0 Å². The van der Waals surface area contributed by atoms with Crippen molar-refractivity contribution in [2.45, 2.75) is 20.8 Å². The van der Waals surface area contributed by atoms with Gasteiger partial charge in [0, 0.05) is 18.7 Å². The standard InChI is InChI=1S/C20H22N4O2S/c1-6-24(7-2)19-17-12(3)16(11-21)27-20(17)23-18(22-19)13-8-9-14(25-4)15(10-13)26-5/h8-10H,6-7H2,1-5H3. The van der Waals surface area contributed by atoms with Gasteiger partial charge in [0.15, 0.2) is 17.3 Å². The molecule has 0 amide bonds. The van der Waals surface area contributed by atoms with Crippen molar-refractivity contribution in [1.82, 2.24) is 9.97 Å². The van der Waals surface area contributed by atoms with Gasteiger partial charge in [0.05, 0.1) is 19.6 Å². The third-order valence-corrected chi connectivity index (χ3v) is 5.67. The molecular formula is C20H22N4O2S. The Morgan fingerprint density at radius 1 is 1.11 bits per heavy atom. The minimum atomic E-state index is 0.607. The van der Waals surface area contributed by atoms with Crippen molar-refractivity contribution in [1.29, 1.82) is 5.26 Å². The van der Waals surface area contributed by atoms with Gasteiger partial charge in [-0.2, -0.15) is 5.26 Å². The predicted octanol–water partition coefficient (Wildman–Crippen LogP) is 4.40. The highest BCUT2D eigenvalue weighted by molar-refractivity contribution is 7.19. The molecule has 0 spiro atoms. The van der Waals surface area contributed by atoms with Crippen LogP contribution in [0.15, 0.2) is 18.2 Å². The molecule has 0 saturated heterocycles. The highest BCUT2D eigenvalue weighted by Crippen LogP contribution is 2.38. The van der Waals surface area contributed by atoms with E-state index in [9.17, 15) is 5.26 Å². The van der Waals surface area contributed by atoms with Crippen LogP contribution in [-0.2, 0) is 0 Å². The van der Waals surface area contributed by atoms with Crippen molar-refractivity contribution in [3.05, 3.63) is 28.6 Å². The lowest BCUT2D eigenvalue weighted by atomic mass is 10.1. The molecule has 0 unspecified atom stereocenters. The molecule has 6 nitrogen and oxygen atoms in total. The van der Waals surface area contributed by atoms with E-state index in [2.05, 4.69) is 24.8 Å². The van der Waals surface area contributed by atoms with Crippen LogP contribution in [0.2, 0.25) is 0 Å². The third-order valence-electron chi connectivity index (χ3n) is 4.58. The van der Waals surface area contributed by atoms with Gasteiger partial charge in [-0.3, -0.25) is 0 Å². The number of methoxy groups -OCH3 is 2. The molecule has 0 saturated carbocycles. The van der Waals surface area contributed by atoms with Crippen LogP contribution in [0.25, 0.3) is 21.6 Å². The fraction of sp³-hybridized carbons (Fsp3) is 0.350. The topological polar surface area (TPSA) is 71.3 Å². The molecule has 2 aromatic heterocycles. The number of nitriles is 1. The van der Waals surface area contributed by atoms with E-state index in [1.54, 1.807) is 14.2 Å². The summed E-state index contributed by atoms with van der Waals surface area (Å²) in [6.07, 6.45) is 0. The van der Waals surface area contributed by atoms with Crippen LogP contribution in [0.1, 0.15) is 24.3 Å². The predicted molar refractivity (Wildman–Crippen MR) is 109 cm³/mol. The van der Waals surface area contributed by atoms with Gasteiger partial charge in [-0.05, 0) is 44.5 Å². The Labute approximate surface area is 163 Å². The van der Waals surface area contributed by atoms with Gasteiger partial charge in [0.25, 0.3) is 0 Å². The zero-order chi connectivity index (χ0) is 19.6. The number of aromatic nitrogens is 2. The maximum Gasteiger partial charge on any atom is 0.163 e. The van der Waals surface area contributed by atoms with Crippen molar-refractivity contribution >= 4 is 27.4 Å². The first kappa shape index (κ1) is 18.9.